The van der Waals surface area contributed by atoms with Gasteiger partial charge in [0.15, 0.2) is 5.96 Å². The van der Waals surface area contributed by atoms with E-state index < -0.39 is 0 Å². The highest BCUT2D eigenvalue weighted by Crippen LogP contribution is 2.21. The zero-order valence-corrected chi connectivity index (χ0v) is 17.0. The van der Waals surface area contributed by atoms with E-state index in [0.717, 1.165) is 45.1 Å². The molecule has 0 aromatic carbocycles. The van der Waals surface area contributed by atoms with E-state index in [1.54, 1.807) is 0 Å². The molecule has 0 saturated carbocycles. The van der Waals surface area contributed by atoms with E-state index in [1.165, 1.54) is 19.3 Å². The molecular formula is C16H36IN3O. The van der Waals surface area contributed by atoms with Crippen molar-refractivity contribution < 1.29 is 4.74 Å². The number of ether oxygens (including phenoxy) is 1. The molecule has 2 N–H and O–H groups in total. The van der Waals surface area contributed by atoms with Crippen LogP contribution in [0.5, 0.6) is 0 Å². The third kappa shape index (κ3) is 17.9. The highest BCUT2D eigenvalue weighted by atomic mass is 127. The first kappa shape index (κ1) is 23.2. The van der Waals surface area contributed by atoms with Crippen molar-refractivity contribution in [3.63, 3.8) is 0 Å². The number of hydrogen-bond donors (Lipinski definition) is 2. The second-order valence-corrected chi connectivity index (χ2v) is 6.35. The van der Waals surface area contributed by atoms with Crippen LogP contribution in [0.1, 0.15) is 59.8 Å². The number of unbranched alkanes of at least 4 members (excludes halogenated alkanes) is 2. The molecule has 0 rings (SSSR count). The minimum atomic E-state index is 0. The van der Waals surface area contributed by atoms with Crippen LogP contribution in [0.3, 0.4) is 0 Å². The molecule has 0 saturated heterocycles. The third-order valence-corrected chi connectivity index (χ3v) is 3.08. The van der Waals surface area contributed by atoms with Crippen LogP contribution in [0.2, 0.25) is 0 Å². The summed E-state index contributed by atoms with van der Waals surface area (Å²) in [6.45, 7) is 12.5. The number of nitrogens with zero attached hydrogens (tertiary/aromatic N) is 1. The van der Waals surface area contributed by atoms with E-state index in [4.69, 9.17) is 4.74 Å². The van der Waals surface area contributed by atoms with Crippen molar-refractivity contribution in [2.75, 3.05) is 33.4 Å². The second kappa shape index (κ2) is 14.9. The van der Waals surface area contributed by atoms with Crippen molar-refractivity contribution in [2.45, 2.75) is 59.8 Å². The summed E-state index contributed by atoms with van der Waals surface area (Å²) in [5, 5.41) is 6.70. The van der Waals surface area contributed by atoms with E-state index in [1.807, 2.05) is 14.0 Å². The molecular weight excluding hydrogens is 377 g/mol. The van der Waals surface area contributed by atoms with Gasteiger partial charge in [0, 0.05) is 33.4 Å². The Hall–Kier alpha value is -0.0400. The minimum Gasteiger partial charge on any atom is -0.382 e. The largest absolute Gasteiger partial charge is 0.382 e. The molecule has 0 unspecified atom stereocenters. The van der Waals surface area contributed by atoms with Crippen LogP contribution in [0, 0.1) is 5.41 Å². The molecule has 0 heterocycles. The zero-order valence-electron chi connectivity index (χ0n) is 14.6. The number of rotatable bonds is 10. The van der Waals surface area contributed by atoms with Crippen LogP contribution in [-0.2, 0) is 4.74 Å². The van der Waals surface area contributed by atoms with Gasteiger partial charge in [0.2, 0.25) is 0 Å². The van der Waals surface area contributed by atoms with Crippen molar-refractivity contribution in [3.8, 4) is 0 Å². The Labute approximate surface area is 148 Å². The van der Waals surface area contributed by atoms with Gasteiger partial charge in [-0.2, -0.15) is 0 Å². The van der Waals surface area contributed by atoms with E-state index in [0.29, 0.717) is 5.41 Å². The van der Waals surface area contributed by atoms with Gasteiger partial charge in [0.25, 0.3) is 0 Å². The molecule has 0 aliphatic heterocycles. The van der Waals surface area contributed by atoms with E-state index in [2.05, 4.69) is 36.4 Å². The monoisotopic (exact) mass is 413 g/mol. The maximum atomic E-state index is 5.31. The summed E-state index contributed by atoms with van der Waals surface area (Å²) in [6.07, 6.45) is 5.95. The molecule has 0 fully saturated rings. The predicted octanol–water partition coefficient (Wildman–Crippen LogP) is 3.80. The summed E-state index contributed by atoms with van der Waals surface area (Å²) < 4.78 is 5.31. The van der Waals surface area contributed by atoms with Crippen LogP contribution in [0.4, 0.5) is 0 Å². The Morgan fingerprint density at radius 3 is 2.05 bits per heavy atom. The van der Waals surface area contributed by atoms with Crippen molar-refractivity contribution in [3.05, 3.63) is 0 Å². The quantitative estimate of drug-likeness (QED) is 0.248. The van der Waals surface area contributed by atoms with E-state index >= 15 is 0 Å². The van der Waals surface area contributed by atoms with Gasteiger partial charge >= 0.3 is 0 Å². The van der Waals surface area contributed by atoms with Gasteiger partial charge in [-0.15, -0.1) is 24.0 Å². The summed E-state index contributed by atoms with van der Waals surface area (Å²) in [5.74, 6) is 0.914. The lowest BCUT2D eigenvalue weighted by molar-refractivity contribution is 0.143. The van der Waals surface area contributed by atoms with Crippen LogP contribution in [0.15, 0.2) is 4.99 Å². The molecule has 0 aliphatic carbocycles. The first-order chi connectivity index (χ1) is 9.49. The fourth-order valence-electron chi connectivity index (χ4n) is 1.89. The average Bonchev–Trinajstić information content (AvgIpc) is 2.38. The van der Waals surface area contributed by atoms with Crippen molar-refractivity contribution in [1.82, 2.24) is 10.6 Å². The van der Waals surface area contributed by atoms with Gasteiger partial charge in [0.05, 0.1) is 0 Å². The van der Waals surface area contributed by atoms with E-state index in [9.17, 15) is 0 Å². The lowest BCUT2D eigenvalue weighted by Gasteiger charge is -2.18. The lowest BCUT2D eigenvalue weighted by atomic mass is 9.90. The van der Waals surface area contributed by atoms with Crippen molar-refractivity contribution >= 4 is 29.9 Å². The second-order valence-electron chi connectivity index (χ2n) is 6.35. The van der Waals surface area contributed by atoms with Crippen LogP contribution in [-0.4, -0.2) is 39.3 Å². The highest BCUT2D eigenvalue weighted by Gasteiger charge is 2.08. The maximum absolute atomic E-state index is 5.31. The lowest BCUT2D eigenvalue weighted by Crippen LogP contribution is -2.38. The summed E-state index contributed by atoms with van der Waals surface area (Å²) in [4.78, 5) is 4.23. The molecule has 0 aromatic heterocycles. The van der Waals surface area contributed by atoms with Gasteiger partial charge < -0.3 is 15.4 Å². The summed E-state index contributed by atoms with van der Waals surface area (Å²) >= 11 is 0. The van der Waals surface area contributed by atoms with Gasteiger partial charge in [-0.25, -0.2) is 0 Å². The maximum Gasteiger partial charge on any atom is 0.190 e. The third-order valence-electron chi connectivity index (χ3n) is 3.08. The predicted molar refractivity (Wildman–Crippen MR) is 104 cm³/mol. The molecule has 0 aromatic rings. The van der Waals surface area contributed by atoms with Gasteiger partial charge in [-0.3, -0.25) is 4.99 Å². The van der Waals surface area contributed by atoms with Gasteiger partial charge in [-0.1, -0.05) is 27.2 Å². The Bertz CT molecular complexity index is 252. The summed E-state index contributed by atoms with van der Waals surface area (Å²) in [6, 6.07) is 0. The number of hydrogen-bond acceptors (Lipinski definition) is 2. The molecule has 128 valence electrons. The first-order valence-electron chi connectivity index (χ1n) is 8.02. The Morgan fingerprint density at radius 1 is 1.00 bits per heavy atom. The van der Waals surface area contributed by atoms with Crippen LogP contribution < -0.4 is 10.6 Å². The minimum absolute atomic E-state index is 0. The Kier molecular flexibility index (Phi) is 16.5. The zero-order chi connectivity index (χ0) is 15.3. The average molecular weight is 413 g/mol. The molecule has 21 heavy (non-hydrogen) atoms. The first-order valence-corrected chi connectivity index (χ1v) is 8.02. The molecule has 0 atom stereocenters. The molecule has 0 aliphatic rings. The number of aliphatic imine (C=N–C) groups is 1. The molecule has 0 radical (unpaired) electrons. The fraction of sp³-hybridized carbons (Fsp3) is 0.938. The molecule has 0 amide bonds. The molecule has 5 heteroatoms. The Balaban J connectivity index is 0. The smallest absolute Gasteiger partial charge is 0.190 e. The normalized spacial score (nSPS) is 12.0. The number of guanidine groups is 1. The van der Waals surface area contributed by atoms with Crippen molar-refractivity contribution in [2.24, 2.45) is 10.4 Å². The van der Waals surface area contributed by atoms with Gasteiger partial charge in [-0.05, 0) is 38.0 Å². The van der Waals surface area contributed by atoms with Crippen molar-refractivity contribution in [1.29, 1.82) is 0 Å². The number of nitrogens with one attached hydrogen (secondary N) is 2. The number of halogens is 1. The molecule has 4 nitrogen and oxygen atoms in total. The van der Waals surface area contributed by atoms with Gasteiger partial charge in [0.1, 0.15) is 0 Å². The van der Waals surface area contributed by atoms with Crippen LogP contribution >= 0.6 is 24.0 Å². The highest BCUT2D eigenvalue weighted by molar-refractivity contribution is 14.0. The van der Waals surface area contributed by atoms with Crippen LogP contribution in [0.25, 0.3) is 0 Å². The summed E-state index contributed by atoms with van der Waals surface area (Å²) in [7, 11) is 1.82. The molecule has 0 spiro atoms. The fourth-order valence-corrected chi connectivity index (χ4v) is 1.89. The SMILES string of the molecule is CCOCCCCNC(=NC)NCCCCC(C)(C)C.I. The van der Waals surface area contributed by atoms with E-state index in [-0.39, 0.29) is 24.0 Å². The topological polar surface area (TPSA) is 45.6 Å². The molecule has 0 bridgehead atoms. The summed E-state index contributed by atoms with van der Waals surface area (Å²) in [5.41, 5.74) is 0.445. The standard InChI is InChI=1S/C16H35N3O.HI/c1-6-20-14-10-9-13-19-15(17-5)18-12-8-7-11-16(2,3)4;/h6-14H2,1-5H3,(H2,17,18,19);1H. The Morgan fingerprint density at radius 2 is 1.57 bits per heavy atom.